The Bertz CT molecular complexity index is 633. The van der Waals surface area contributed by atoms with Crippen molar-refractivity contribution in [3.8, 4) is 11.8 Å². The predicted octanol–water partition coefficient (Wildman–Crippen LogP) is 2.78. The van der Waals surface area contributed by atoms with Crippen LogP contribution in [0.3, 0.4) is 0 Å². The lowest BCUT2D eigenvalue weighted by Gasteiger charge is -2.15. The highest BCUT2D eigenvalue weighted by atomic mass is 16.3. The van der Waals surface area contributed by atoms with Gasteiger partial charge in [-0.1, -0.05) is 30.3 Å². The molecule has 1 N–H and O–H groups in total. The van der Waals surface area contributed by atoms with Crippen molar-refractivity contribution in [3.63, 3.8) is 0 Å². The molecule has 0 unspecified atom stereocenters. The van der Waals surface area contributed by atoms with Crippen LogP contribution in [-0.2, 0) is 19.6 Å². The molecule has 1 aliphatic rings. The van der Waals surface area contributed by atoms with Crippen molar-refractivity contribution in [2.75, 3.05) is 0 Å². The number of hydrogen-bond donors (Lipinski definition) is 1. The molecule has 1 aliphatic heterocycles. The Labute approximate surface area is 112 Å². The van der Waals surface area contributed by atoms with Crippen LogP contribution in [-0.4, -0.2) is 10.0 Å². The van der Waals surface area contributed by atoms with Crippen molar-refractivity contribution in [3.05, 3.63) is 64.7 Å². The van der Waals surface area contributed by atoms with Crippen LogP contribution in [0, 0.1) is 11.3 Å². The minimum absolute atomic E-state index is 0.0518. The van der Waals surface area contributed by atoms with Crippen LogP contribution in [0.25, 0.3) is 0 Å². The summed E-state index contributed by atoms with van der Waals surface area (Å²) in [6.45, 7) is 2.68. The average Bonchev–Trinajstić information content (AvgIpc) is 2.83. The van der Waals surface area contributed by atoms with E-state index in [4.69, 9.17) is 5.26 Å². The predicted molar refractivity (Wildman–Crippen MR) is 72.2 cm³/mol. The fourth-order valence-corrected chi connectivity index (χ4v) is 2.54. The number of fused-ring (bicyclic) bond motifs is 1. The molecule has 3 nitrogen and oxygen atoms in total. The molecule has 0 aromatic heterocycles. The number of phenols is 1. The molecule has 0 atom stereocenters. The Hall–Kier alpha value is -2.31. The lowest BCUT2D eigenvalue weighted by molar-refractivity contribution is 0.275. The normalized spacial score (nSPS) is 14.1. The summed E-state index contributed by atoms with van der Waals surface area (Å²) in [5, 5.41) is 18.4. The highest BCUT2D eigenvalue weighted by Crippen LogP contribution is 2.25. The molecular formula is C16H14N2O. The first-order chi connectivity index (χ1) is 9.26. The van der Waals surface area contributed by atoms with Crippen LogP contribution in [0.2, 0.25) is 0 Å². The topological polar surface area (TPSA) is 47.3 Å². The standard InChI is InChI=1S/C16H14N2O/c17-8-15-7-12(5-6-16(15)19)9-18-10-13-3-1-2-4-14(13)11-18/h1-7,19H,9-11H2. The molecule has 0 fully saturated rings. The zero-order chi connectivity index (χ0) is 13.2. The molecule has 0 saturated carbocycles. The van der Waals surface area contributed by atoms with Crippen molar-refractivity contribution in [2.45, 2.75) is 19.6 Å². The second-order valence-electron chi connectivity index (χ2n) is 4.88. The second kappa shape index (κ2) is 4.75. The van der Waals surface area contributed by atoms with Gasteiger partial charge in [0.2, 0.25) is 0 Å². The fraction of sp³-hybridized carbons (Fsp3) is 0.188. The van der Waals surface area contributed by atoms with E-state index in [1.165, 1.54) is 11.1 Å². The maximum atomic E-state index is 9.50. The van der Waals surface area contributed by atoms with Gasteiger partial charge in [0.15, 0.2) is 0 Å². The minimum Gasteiger partial charge on any atom is -0.507 e. The Morgan fingerprint density at radius 3 is 2.42 bits per heavy atom. The molecule has 0 amide bonds. The van der Waals surface area contributed by atoms with Gasteiger partial charge in [0.25, 0.3) is 0 Å². The Morgan fingerprint density at radius 1 is 1.11 bits per heavy atom. The molecule has 2 aromatic carbocycles. The molecule has 3 rings (SSSR count). The molecule has 0 bridgehead atoms. The monoisotopic (exact) mass is 250 g/mol. The molecule has 0 radical (unpaired) electrons. The van der Waals surface area contributed by atoms with E-state index >= 15 is 0 Å². The summed E-state index contributed by atoms with van der Waals surface area (Å²) < 4.78 is 0. The molecule has 1 heterocycles. The van der Waals surface area contributed by atoms with E-state index in [0.29, 0.717) is 5.56 Å². The third kappa shape index (κ3) is 2.31. The zero-order valence-corrected chi connectivity index (χ0v) is 10.5. The number of benzene rings is 2. The van der Waals surface area contributed by atoms with Gasteiger partial charge >= 0.3 is 0 Å². The van der Waals surface area contributed by atoms with E-state index in [1.54, 1.807) is 12.1 Å². The molecule has 19 heavy (non-hydrogen) atoms. The lowest BCUT2D eigenvalue weighted by atomic mass is 10.1. The summed E-state index contributed by atoms with van der Waals surface area (Å²) in [4.78, 5) is 2.33. The SMILES string of the molecule is N#Cc1cc(CN2Cc3ccccc3C2)ccc1O. The van der Waals surface area contributed by atoms with Crippen LogP contribution in [0.15, 0.2) is 42.5 Å². The van der Waals surface area contributed by atoms with Gasteiger partial charge in [0.1, 0.15) is 11.8 Å². The summed E-state index contributed by atoms with van der Waals surface area (Å²) >= 11 is 0. The smallest absolute Gasteiger partial charge is 0.133 e. The Morgan fingerprint density at radius 2 is 1.79 bits per heavy atom. The van der Waals surface area contributed by atoms with Crippen molar-refractivity contribution < 1.29 is 5.11 Å². The Kier molecular flexibility index (Phi) is 2.94. The molecule has 2 aromatic rings. The number of phenolic OH excluding ortho intramolecular Hbond substituents is 1. The molecule has 0 spiro atoms. The van der Waals surface area contributed by atoms with Crippen molar-refractivity contribution in [1.82, 2.24) is 4.90 Å². The Balaban J connectivity index is 1.76. The van der Waals surface area contributed by atoms with E-state index in [0.717, 1.165) is 25.2 Å². The number of hydrogen-bond acceptors (Lipinski definition) is 3. The number of nitrogens with zero attached hydrogens (tertiary/aromatic N) is 2. The average molecular weight is 250 g/mol. The second-order valence-corrected chi connectivity index (χ2v) is 4.88. The van der Waals surface area contributed by atoms with Gasteiger partial charge in [-0.15, -0.1) is 0 Å². The van der Waals surface area contributed by atoms with Gasteiger partial charge in [-0.2, -0.15) is 5.26 Å². The van der Waals surface area contributed by atoms with Gasteiger partial charge in [-0.05, 0) is 28.8 Å². The largest absolute Gasteiger partial charge is 0.507 e. The zero-order valence-electron chi connectivity index (χ0n) is 10.5. The van der Waals surface area contributed by atoms with Crippen LogP contribution >= 0.6 is 0 Å². The summed E-state index contributed by atoms with van der Waals surface area (Å²) in [5.41, 5.74) is 4.15. The summed E-state index contributed by atoms with van der Waals surface area (Å²) in [6.07, 6.45) is 0. The molecule has 0 saturated heterocycles. The van der Waals surface area contributed by atoms with Gasteiger partial charge in [-0.25, -0.2) is 0 Å². The van der Waals surface area contributed by atoms with E-state index in [1.807, 2.05) is 12.1 Å². The first-order valence-corrected chi connectivity index (χ1v) is 6.27. The van der Waals surface area contributed by atoms with E-state index in [2.05, 4.69) is 29.2 Å². The quantitative estimate of drug-likeness (QED) is 0.891. The van der Waals surface area contributed by atoms with Crippen molar-refractivity contribution in [1.29, 1.82) is 5.26 Å². The van der Waals surface area contributed by atoms with E-state index in [9.17, 15) is 5.11 Å². The van der Waals surface area contributed by atoms with Gasteiger partial charge in [0, 0.05) is 19.6 Å². The minimum atomic E-state index is 0.0518. The molecular weight excluding hydrogens is 236 g/mol. The lowest BCUT2D eigenvalue weighted by Crippen LogP contribution is -2.15. The van der Waals surface area contributed by atoms with Gasteiger partial charge in [0.05, 0.1) is 5.56 Å². The number of rotatable bonds is 2. The first kappa shape index (κ1) is 11.8. The summed E-state index contributed by atoms with van der Waals surface area (Å²) in [5.74, 6) is 0.0518. The molecule has 0 aliphatic carbocycles. The highest BCUT2D eigenvalue weighted by molar-refractivity contribution is 5.44. The molecule has 94 valence electrons. The van der Waals surface area contributed by atoms with Gasteiger partial charge < -0.3 is 5.11 Å². The third-order valence-corrected chi connectivity index (χ3v) is 3.49. The third-order valence-electron chi connectivity index (χ3n) is 3.49. The fourth-order valence-electron chi connectivity index (χ4n) is 2.54. The maximum absolute atomic E-state index is 9.50. The van der Waals surface area contributed by atoms with Gasteiger partial charge in [-0.3, -0.25) is 4.90 Å². The summed E-state index contributed by atoms with van der Waals surface area (Å²) in [6, 6.07) is 15.7. The maximum Gasteiger partial charge on any atom is 0.133 e. The van der Waals surface area contributed by atoms with E-state index in [-0.39, 0.29) is 5.75 Å². The van der Waals surface area contributed by atoms with Crippen molar-refractivity contribution in [2.24, 2.45) is 0 Å². The van der Waals surface area contributed by atoms with Crippen molar-refractivity contribution >= 4 is 0 Å². The van der Waals surface area contributed by atoms with E-state index < -0.39 is 0 Å². The number of aromatic hydroxyl groups is 1. The molecule has 3 heteroatoms. The number of nitriles is 1. The van der Waals surface area contributed by atoms with Crippen LogP contribution in [0.5, 0.6) is 5.75 Å². The van der Waals surface area contributed by atoms with Crippen LogP contribution in [0.1, 0.15) is 22.3 Å². The van der Waals surface area contributed by atoms with Crippen LogP contribution < -0.4 is 0 Å². The van der Waals surface area contributed by atoms with Crippen LogP contribution in [0.4, 0.5) is 0 Å². The first-order valence-electron chi connectivity index (χ1n) is 6.27. The highest BCUT2D eigenvalue weighted by Gasteiger charge is 2.18. The summed E-state index contributed by atoms with van der Waals surface area (Å²) in [7, 11) is 0.